The van der Waals surface area contributed by atoms with Gasteiger partial charge in [-0.3, -0.25) is 0 Å². The van der Waals surface area contributed by atoms with Crippen LogP contribution in [-0.2, 0) is 10.0 Å². The van der Waals surface area contributed by atoms with Gasteiger partial charge in [0.25, 0.3) is 0 Å². The Morgan fingerprint density at radius 3 is 2.45 bits per heavy atom. The van der Waals surface area contributed by atoms with Crippen molar-refractivity contribution in [1.82, 2.24) is 4.83 Å². The minimum Gasteiger partial charge on any atom is -0.205 e. The van der Waals surface area contributed by atoms with Gasteiger partial charge in [-0.25, -0.2) is 13.2 Å². The average molecular weight is 178 g/mol. The molecule has 0 aromatic rings. The van der Waals surface area contributed by atoms with Crippen LogP contribution in [0, 0.1) is 5.92 Å². The zero-order valence-corrected chi connectivity index (χ0v) is 7.85. The Hall–Kier alpha value is -0.580. The van der Waals surface area contributed by atoms with Crippen molar-refractivity contribution in [1.29, 1.82) is 0 Å². The van der Waals surface area contributed by atoms with E-state index in [0.29, 0.717) is 0 Å². The third-order valence-corrected chi connectivity index (χ3v) is 2.09. The van der Waals surface area contributed by atoms with Crippen molar-refractivity contribution in [3.05, 3.63) is 0 Å². The van der Waals surface area contributed by atoms with Crippen molar-refractivity contribution in [2.45, 2.75) is 20.8 Å². The monoisotopic (exact) mass is 178 g/mol. The molecule has 5 heteroatoms. The predicted octanol–water partition coefficient (Wildman–Crippen LogP) is 0.567. The molecule has 0 saturated heterocycles. The highest BCUT2D eigenvalue weighted by molar-refractivity contribution is 7.89. The summed E-state index contributed by atoms with van der Waals surface area (Å²) < 4.78 is 21.5. The topological polar surface area (TPSA) is 58.5 Å². The molecule has 0 radical (unpaired) electrons. The first-order chi connectivity index (χ1) is 4.98. The summed E-state index contributed by atoms with van der Waals surface area (Å²) in [5.74, 6) is 0.317. The Kier molecular flexibility index (Phi) is 4.10. The Labute approximate surface area is 67.7 Å². The van der Waals surface area contributed by atoms with Gasteiger partial charge in [-0.15, -0.1) is 0 Å². The SMILES string of the molecule is CCS(=O)(=O)N/N=C/C(C)C. The van der Waals surface area contributed by atoms with Gasteiger partial charge in [-0.05, 0) is 12.8 Å². The largest absolute Gasteiger partial charge is 0.247 e. The van der Waals surface area contributed by atoms with Crippen LogP contribution in [0.5, 0.6) is 0 Å². The summed E-state index contributed by atoms with van der Waals surface area (Å²) in [7, 11) is -3.16. The standard InChI is InChI=1S/C6H14N2O2S/c1-4-11(9,10)8-7-5-6(2)3/h5-6,8H,4H2,1-3H3/b7-5+. The second-order valence-corrected chi connectivity index (χ2v) is 4.51. The smallest absolute Gasteiger partial charge is 0.205 e. The van der Waals surface area contributed by atoms with Gasteiger partial charge in [-0.2, -0.15) is 5.10 Å². The highest BCUT2D eigenvalue weighted by Gasteiger charge is 2.01. The summed E-state index contributed by atoms with van der Waals surface area (Å²) in [4.78, 5) is 2.08. The summed E-state index contributed by atoms with van der Waals surface area (Å²) in [6.45, 7) is 5.40. The van der Waals surface area contributed by atoms with E-state index in [1.165, 1.54) is 0 Å². The molecule has 0 heterocycles. The quantitative estimate of drug-likeness (QED) is 0.505. The number of nitrogens with zero attached hydrogens (tertiary/aromatic N) is 1. The highest BCUT2D eigenvalue weighted by Crippen LogP contribution is 1.85. The molecule has 0 bridgehead atoms. The van der Waals surface area contributed by atoms with Gasteiger partial charge in [0.2, 0.25) is 10.0 Å². The number of nitrogens with one attached hydrogen (secondary N) is 1. The zero-order valence-electron chi connectivity index (χ0n) is 7.03. The van der Waals surface area contributed by atoms with Crippen molar-refractivity contribution in [3.8, 4) is 0 Å². The molecule has 0 aromatic heterocycles. The molecule has 0 aliphatic carbocycles. The molecule has 0 unspecified atom stereocenters. The van der Waals surface area contributed by atoms with Gasteiger partial charge in [-0.1, -0.05) is 13.8 Å². The molecule has 0 aliphatic rings. The summed E-state index contributed by atoms with van der Waals surface area (Å²) in [6, 6.07) is 0. The molecule has 0 spiro atoms. The fourth-order valence-electron chi connectivity index (χ4n) is 0.324. The van der Waals surface area contributed by atoms with E-state index in [1.807, 2.05) is 13.8 Å². The molecule has 0 aliphatic heterocycles. The van der Waals surface area contributed by atoms with Gasteiger partial charge in [0.05, 0.1) is 5.75 Å². The zero-order chi connectivity index (χ0) is 8.91. The summed E-state index contributed by atoms with van der Waals surface area (Å²) in [6.07, 6.45) is 1.55. The van der Waals surface area contributed by atoms with Crippen molar-refractivity contribution < 1.29 is 8.42 Å². The Balaban J connectivity index is 3.89. The number of hydrogen-bond donors (Lipinski definition) is 1. The summed E-state index contributed by atoms with van der Waals surface area (Å²) >= 11 is 0. The molecule has 0 amide bonds. The first-order valence-electron chi connectivity index (χ1n) is 3.50. The van der Waals surface area contributed by atoms with Crippen molar-refractivity contribution in [2.75, 3.05) is 5.75 Å². The van der Waals surface area contributed by atoms with Crippen LogP contribution in [0.2, 0.25) is 0 Å². The normalized spacial score (nSPS) is 12.7. The molecule has 0 saturated carbocycles. The number of rotatable bonds is 4. The van der Waals surface area contributed by atoms with Crippen LogP contribution >= 0.6 is 0 Å². The van der Waals surface area contributed by atoms with Crippen molar-refractivity contribution in [2.24, 2.45) is 11.0 Å². The van der Waals surface area contributed by atoms with Gasteiger partial charge in [0.15, 0.2) is 0 Å². The molecular formula is C6H14N2O2S. The maximum absolute atomic E-state index is 10.8. The van der Waals surface area contributed by atoms with Crippen molar-refractivity contribution >= 4 is 16.2 Å². The fourth-order valence-corrected chi connectivity index (χ4v) is 0.675. The van der Waals surface area contributed by atoms with E-state index in [4.69, 9.17) is 0 Å². The van der Waals surface area contributed by atoms with Crippen molar-refractivity contribution in [3.63, 3.8) is 0 Å². The van der Waals surface area contributed by atoms with Crippen LogP contribution in [0.15, 0.2) is 5.10 Å². The highest BCUT2D eigenvalue weighted by atomic mass is 32.2. The second-order valence-electron chi connectivity index (χ2n) is 2.52. The Morgan fingerprint density at radius 1 is 1.55 bits per heavy atom. The number of hydrazone groups is 1. The molecule has 1 N–H and O–H groups in total. The molecule has 0 aromatic carbocycles. The predicted molar refractivity (Wildman–Crippen MR) is 45.9 cm³/mol. The van der Waals surface area contributed by atoms with Crippen LogP contribution in [-0.4, -0.2) is 20.4 Å². The third kappa shape index (κ3) is 5.84. The van der Waals surface area contributed by atoms with Gasteiger partial charge >= 0.3 is 0 Å². The van der Waals surface area contributed by atoms with E-state index in [9.17, 15) is 8.42 Å². The van der Waals surface area contributed by atoms with Crippen LogP contribution in [0.3, 0.4) is 0 Å². The Bertz CT molecular complexity index is 219. The molecule has 11 heavy (non-hydrogen) atoms. The van der Waals surface area contributed by atoms with Crippen LogP contribution < -0.4 is 4.83 Å². The van der Waals surface area contributed by atoms with E-state index in [2.05, 4.69) is 9.93 Å². The molecule has 0 rings (SSSR count). The lowest BCUT2D eigenvalue weighted by molar-refractivity contribution is 0.585. The molecule has 0 fully saturated rings. The summed E-state index contributed by atoms with van der Waals surface area (Å²) in [5, 5.41) is 3.55. The first kappa shape index (κ1) is 10.4. The maximum atomic E-state index is 10.8. The van der Waals surface area contributed by atoms with E-state index < -0.39 is 10.0 Å². The molecule has 4 nitrogen and oxygen atoms in total. The minimum absolute atomic E-state index is 0.0580. The summed E-state index contributed by atoms with van der Waals surface area (Å²) in [5.41, 5.74) is 0. The third-order valence-electron chi connectivity index (χ3n) is 0.945. The van der Waals surface area contributed by atoms with Gasteiger partial charge < -0.3 is 0 Å². The molecular weight excluding hydrogens is 164 g/mol. The lowest BCUT2D eigenvalue weighted by Gasteiger charge is -1.98. The lowest BCUT2D eigenvalue weighted by atomic mass is 10.3. The fraction of sp³-hybridized carbons (Fsp3) is 0.833. The second kappa shape index (κ2) is 4.33. The van der Waals surface area contributed by atoms with E-state index in [0.717, 1.165) is 0 Å². The lowest BCUT2D eigenvalue weighted by Crippen LogP contribution is -2.20. The molecule has 66 valence electrons. The minimum atomic E-state index is -3.16. The molecule has 0 atom stereocenters. The van der Waals surface area contributed by atoms with E-state index in [1.54, 1.807) is 13.1 Å². The van der Waals surface area contributed by atoms with Crippen LogP contribution in [0.1, 0.15) is 20.8 Å². The first-order valence-corrected chi connectivity index (χ1v) is 5.16. The Morgan fingerprint density at radius 2 is 2.09 bits per heavy atom. The van der Waals surface area contributed by atoms with Crippen LogP contribution in [0.4, 0.5) is 0 Å². The van der Waals surface area contributed by atoms with Gasteiger partial charge in [0, 0.05) is 6.21 Å². The van der Waals surface area contributed by atoms with Crippen LogP contribution in [0.25, 0.3) is 0 Å². The number of hydrogen-bond acceptors (Lipinski definition) is 3. The van der Waals surface area contributed by atoms with E-state index in [-0.39, 0.29) is 11.7 Å². The number of sulfonamides is 1. The van der Waals surface area contributed by atoms with E-state index >= 15 is 0 Å². The average Bonchev–Trinajstić information content (AvgIpc) is 1.87. The van der Waals surface area contributed by atoms with Gasteiger partial charge in [0.1, 0.15) is 0 Å². The maximum Gasteiger partial charge on any atom is 0.247 e.